The third-order valence-electron chi connectivity index (χ3n) is 2.28. The van der Waals surface area contributed by atoms with E-state index in [2.05, 4.69) is 11.4 Å². The van der Waals surface area contributed by atoms with Gasteiger partial charge in [0.2, 0.25) is 0 Å². The van der Waals surface area contributed by atoms with Gasteiger partial charge >= 0.3 is 0 Å². The molecule has 0 spiro atoms. The Bertz CT molecular complexity index is 408. The van der Waals surface area contributed by atoms with Crippen LogP contribution in [0, 0.1) is 16.7 Å². The van der Waals surface area contributed by atoms with Gasteiger partial charge in [0.05, 0.1) is 11.5 Å². The molecule has 0 amide bonds. The van der Waals surface area contributed by atoms with E-state index >= 15 is 0 Å². The molecule has 1 aromatic carbocycles. The second kappa shape index (κ2) is 4.86. The minimum Gasteiger partial charge on any atom is -0.504 e. The van der Waals surface area contributed by atoms with Crippen LogP contribution in [0.15, 0.2) is 18.2 Å². The van der Waals surface area contributed by atoms with Crippen molar-refractivity contribution in [1.29, 1.82) is 5.26 Å². The molecule has 4 heteroatoms. The van der Waals surface area contributed by atoms with Crippen LogP contribution in [0.1, 0.15) is 19.4 Å². The third-order valence-corrected chi connectivity index (χ3v) is 2.28. The van der Waals surface area contributed by atoms with Crippen molar-refractivity contribution in [3.05, 3.63) is 23.8 Å². The number of para-hydroxylation sites is 1. The first-order valence-electron chi connectivity index (χ1n) is 5.08. The van der Waals surface area contributed by atoms with Gasteiger partial charge in [-0.05, 0) is 19.9 Å². The van der Waals surface area contributed by atoms with E-state index in [1.165, 1.54) is 6.07 Å². The van der Waals surface area contributed by atoms with E-state index in [0.717, 1.165) is 0 Å². The van der Waals surface area contributed by atoms with Gasteiger partial charge in [-0.1, -0.05) is 12.1 Å². The first-order valence-corrected chi connectivity index (χ1v) is 5.08. The van der Waals surface area contributed by atoms with Crippen molar-refractivity contribution < 1.29 is 10.2 Å². The number of rotatable bonds is 4. The quantitative estimate of drug-likeness (QED) is 0.675. The first kappa shape index (κ1) is 12.3. The molecule has 0 saturated carbocycles. The van der Waals surface area contributed by atoms with Gasteiger partial charge in [-0.2, -0.15) is 5.26 Å². The lowest BCUT2D eigenvalue weighted by Crippen LogP contribution is -2.27. The zero-order chi connectivity index (χ0) is 12.2. The summed E-state index contributed by atoms with van der Waals surface area (Å²) in [4.78, 5) is 0. The summed E-state index contributed by atoms with van der Waals surface area (Å²) in [6, 6.07) is 7.00. The van der Waals surface area contributed by atoms with Crippen molar-refractivity contribution in [2.24, 2.45) is 5.41 Å². The Morgan fingerprint density at radius 1 is 1.38 bits per heavy atom. The summed E-state index contributed by atoms with van der Waals surface area (Å²) < 4.78 is 0. The molecule has 1 rings (SSSR count). The Hall–Kier alpha value is -1.73. The number of phenolic OH excluding ortho intramolecular Hbond substituents is 2. The number of nitriles is 1. The summed E-state index contributed by atoms with van der Waals surface area (Å²) in [6.07, 6.45) is 0. The number of hydrogen-bond donors (Lipinski definition) is 3. The molecule has 0 aliphatic carbocycles. The number of phenols is 2. The lowest BCUT2D eigenvalue weighted by molar-refractivity contribution is 0.393. The second-order valence-corrected chi connectivity index (χ2v) is 4.38. The Morgan fingerprint density at radius 3 is 2.69 bits per heavy atom. The summed E-state index contributed by atoms with van der Waals surface area (Å²) in [5, 5.41) is 30.7. The average molecular weight is 220 g/mol. The van der Waals surface area contributed by atoms with Gasteiger partial charge < -0.3 is 15.5 Å². The molecule has 0 fully saturated rings. The number of nitrogens with one attached hydrogen (secondary N) is 1. The lowest BCUT2D eigenvalue weighted by Gasteiger charge is -2.16. The smallest absolute Gasteiger partial charge is 0.161 e. The summed E-state index contributed by atoms with van der Waals surface area (Å²) in [5.74, 6) is -0.233. The first-order chi connectivity index (χ1) is 7.46. The lowest BCUT2D eigenvalue weighted by atomic mass is 9.96. The molecule has 0 aliphatic rings. The fraction of sp³-hybridized carbons (Fsp3) is 0.417. The number of aromatic hydroxyl groups is 2. The minimum absolute atomic E-state index is 0.107. The van der Waals surface area contributed by atoms with E-state index in [1.54, 1.807) is 12.1 Å². The van der Waals surface area contributed by atoms with Gasteiger partial charge in [0.15, 0.2) is 11.5 Å². The van der Waals surface area contributed by atoms with Crippen molar-refractivity contribution in [1.82, 2.24) is 5.32 Å². The maximum absolute atomic E-state index is 9.53. The van der Waals surface area contributed by atoms with E-state index < -0.39 is 5.41 Å². The van der Waals surface area contributed by atoms with Gasteiger partial charge in [-0.15, -0.1) is 0 Å². The summed E-state index contributed by atoms with van der Waals surface area (Å²) in [6.45, 7) is 4.62. The zero-order valence-electron chi connectivity index (χ0n) is 9.49. The van der Waals surface area contributed by atoms with E-state index in [-0.39, 0.29) is 11.5 Å². The van der Waals surface area contributed by atoms with Crippen molar-refractivity contribution in [3.63, 3.8) is 0 Å². The van der Waals surface area contributed by atoms with Crippen LogP contribution in [0.3, 0.4) is 0 Å². The van der Waals surface area contributed by atoms with Crippen LogP contribution in [-0.4, -0.2) is 16.8 Å². The largest absolute Gasteiger partial charge is 0.504 e. The van der Waals surface area contributed by atoms with Crippen molar-refractivity contribution in [3.8, 4) is 17.6 Å². The van der Waals surface area contributed by atoms with Gasteiger partial charge in [-0.3, -0.25) is 0 Å². The second-order valence-electron chi connectivity index (χ2n) is 4.38. The van der Waals surface area contributed by atoms with Crippen LogP contribution in [0.2, 0.25) is 0 Å². The van der Waals surface area contributed by atoms with Gasteiger partial charge in [0.1, 0.15) is 0 Å². The van der Waals surface area contributed by atoms with Crippen LogP contribution in [0.5, 0.6) is 11.5 Å². The van der Waals surface area contributed by atoms with Crippen molar-refractivity contribution in [2.45, 2.75) is 20.4 Å². The number of hydrogen-bond acceptors (Lipinski definition) is 4. The number of nitrogens with zero attached hydrogens (tertiary/aromatic N) is 1. The molecule has 0 heterocycles. The van der Waals surface area contributed by atoms with Gasteiger partial charge in [-0.25, -0.2) is 0 Å². The molecule has 0 bridgehead atoms. The van der Waals surface area contributed by atoms with Crippen LogP contribution < -0.4 is 5.32 Å². The van der Waals surface area contributed by atoms with E-state index in [9.17, 15) is 10.2 Å². The molecule has 0 saturated heterocycles. The maximum atomic E-state index is 9.53. The summed E-state index contributed by atoms with van der Waals surface area (Å²) in [5.41, 5.74) is 0.181. The van der Waals surface area contributed by atoms with Crippen molar-refractivity contribution >= 4 is 0 Å². The molecular formula is C12H16N2O2. The fourth-order valence-electron chi connectivity index (χ4n) is 1.27. The summed E-state index contributed by atoms with van der Waals surface area (Å²) >= 11 is 0. The predicted octanol–water partition coefficient (Wildman–Crippen LogP) is 1.74. The molecule has 3 N–H and O–H groups in total. The van der Waals surface area contributed by atoms with Crippen LogP contribution >= 0.6 is 0 Å². The molecular weight excluding hydrogens is 204 g/mol. The molecule has 0 radical (unpaired) electrons. The van der Waals surface area contributed by atoms with Crippen LogP contribution in [-0.2, 0) is 6.54 Å². The van der Waals surface area contributed by atoms with Crippen LogP contribution in [0.25, 0.3) is 0 Å². The molecule has 4 nitrogen and oxygen atoms in total. The Balaban J connectivity index is 2.57. The van der Waals surface area contributed by atoms with E-state index in [1.807, 2.05) is 13.8 Å². The molecule has 0 unspecified atom stereocenters. The minimum atomic E-state index is -0.438. The molecule has 0 aliphatic heterocycles. The predicted molar refractivity (Wildman–Crippen MR) is 60.9 cm³/mol. The van der Waals surface area contributed by atoms with Crippen LogP contribution in [0.4, 0.5) is 0 Å². The third kappa shape index (κ3) is 3.14. The SMILES string of the molecule is CC(C)(C#N)CNCc1cccc(O)c1O. The standard InChI is InChI=1S/C12H16N2O2/c1-12(2,7-13)8-14-6-9-4-3-5-10(15)11(9)16/h3-5,14-16H,6,8H2,1-2H3. The van der Waals surface area contributed by atoms with Gasteiger partial charge in [0, 0.05) is 18.7 Å². The monoisotopic (exact) mass is 220 g/mol. The maximum Gasteiger partial charge on any atom is 0.161 e. The molecule has 86 valence electrons. The highest BCUT2D eigenvalue weighted by atomic mass is 16.3. The normalized spacial score (nSPS) is 11.1. The van der Waals surface area contributed by atoms with E-state index in [4.69, 9.17) is 5.26 Å². The highest BCUT2D eigenvalue weighted by Gasteiger charge is 2.16. The Kier molecular flexibility index (Phi) is 3.75. The molecule has 0 aromatic heterocycles. The number of benzene rings is 1. The molecule has 16 heavy (non-hydrogen) atoms. The Morgan fingerprint density at radius 2 is 2.06 bits per heavy atom. The fourth-order valence-corrected chi connectivity index (χ4v) is 1.27. The van der Waals surface area contributed by atoms with E-state index in [0.29, 0.717) is 18.7 Å². The van der Waals surface area contributed by atoms with Gasteiger partial charge in [0.25, 0.3) is 0 Å². The molecule has 0 atom stereocenters. The topological polar surface area (TPSA) is 76.3 Å². The highest BCUT2D eigenvalue weighted by molar-refractivity contribution is 5.44. The zero-order valence-corrected chi connectivity index (χ0v) is 9.49. The summed E-state index contributed by atoms with van der Waals surface area (Å²) in [7, 11) is 0. The highest BCUT2D eigenvalue weighted by Crippen LogP contribution is 2.28. The average Bonchev–Trinajstić information content (AvgIpc) is 2.24. The Labute approximate surface area is 95.2 Å². The molecule has 1 aromatic rings. The van der Waals surface area contributed by atoms with Crippen molar-refractivity contribution in [2.75, 3.05) is 6.54 Å².